The van der Waals surface area contributed by atoms with Gasteiger partial charge in [0.25, 0.3) is 0 Å². The normalized spacial score (nSPS) is 20.2. The molecule has 0 radical (unpaired) electrons. The molecule has 4 N–H and O–H groups in total. The number of nitrogens with two attached hydrogens (primary N) is 1. The molecule has 2 aromatic carbocycles. The lowest BCUT2D eigenvalue weighted by atomic mass is 9.70. The van der Waals surface area contributed by atoms with E-state index in [-0.39, 0.29) is 12.5 Å². The zero-order valence-corrected chi connectivity index (χ0v) is 17.9. The number of rotatable bonds is 4. The summed E-state index contributed by atoms with van der Waals surface area (Å²) in [5, 5.41) is 20.8. The van der Waals surface area contributed by atoms with Crippen molar-refractivity contribution >= 4 is 22.2 Å². The standard InChI is InChI=1S/C26H23N5O2/c27-24-23-22(19-13-26(33,14-19)15-32)30-25(31(23)11-10-28-24)18-7-6-17-8-9-20(29-21(17)12-18)16-4-2-1-3-5-16/h1-12,19,32-33H,13-15H2,(H2,27,28). The molecule has 0 spiro atoms. The van der Waals surface area contributed by atoms with Crippen LogP contribution in [0.15, 0.2) is 73.1 Å². The van der Waals surface area contributed by atoms with Gasteiger partial charge < -0.3 is 15.9 Å². The third-order valence-electron chi connectivity index (χ3n) is 6.56. The summed E-state index contributed by atoms with van der Waals surface area (Å²) < 4.78 is 1.95. The predicted octanol–water partition coefficient (Wildman–Crippen LogP) is 3.79. The third-order valence-corrected chi connectivity index (χ3v) is 6.56. The molecular weight excluding hydrogens is 414 g/mol. The fraction of sp³-hybridized carbons (Fsp3) is 0.192. The first-order valence-corrected chi connectivity index (χ1v) is 11.0. The van der Waals surface area contributed by atoms with E-state index in [9.17, 15) is 10.2 Å². The van der Waals surface area contributed by atoms with E-state index in [1.54, 1.807) is 6.20 Å². The number of benzene rings is 2. The van der Waals surface area contributed by atoms with Gasteiger partial charge in [0.15, 0.2) is 0 Å². The van der Waals surface area contributed by atoms with E-state index in [1.807, 2.05) is 65.2 Å². The molecule has 0 aliphatic heterocycles. The lowest BCUT2D eigenvalue weighted by Crippen LogP contribution is -2.45. The number of hydrogen-bond acceptors (Lipinski definition) is 6. The molecular formula is C26H23N5O2. The van der Waals surface area contributed by atoms with Gasteiger partial charge in [-0.15, -0.1) is 0 Å². The molecule has 7 nitrogen and oxygen atoms in total. The second kappa shape index (κ2) is 7.37. The van der Waals surface area contributed by atoms with Crippen LogP contribution in [0.2, 0.25) is 0 Å². The van der Waals surface area contributed by atoms with Crippen LogP contribution in [-0.2, 0) is 0 Å². The van der Waals surface area contributed by atoms with Crippen LogP contribution in [0.25, 0.3) is 39.1 Å². The zero-order valence-electron chi connectivity index (χ0n) is 17.9. The Labute approximate surface area is 190 Å². The number of nitrogen functional groups attached to an aromatic ring is 1. The van der Waals surface area contributed by atoms with Crippen LogP contribution in [0, 0.1) is 0 Å². The molecule has 3 heterocycles. The van der Waals surface area contributed by atoms with Crippen molar-refractivity contribution in [3.63, 3.8) is 0 Å². The Hall–Kier alpha value is -3.81. The minimum Gasteiger partial charge on any atom is -0.393 e. The fourth-order valence-electron chi connectivity index (χ4n) is 4.79. The summed E-state index contributed by atoms with van der Waals surface area (Å²) in [4.78, 5) is 14.1. The molecule has 5 aromatic rings. The van der Waals surface area contributed by atoms with Crippen LogP contribution < -0.4 is 5.73 Å². The minimum absolute atomic E-state index is 0.0145. The van der Waals surface area contributed by atoms with Gasteiger partial charge in [0.2, 0.25) is 0 Å². The van der Waals surface area contributed by atoms with Crippen molar-refractivity contribution in [1.29, 1.82) is 0 Å². The number of hydrogen-bond donors (Lipinski definition) is 3. The maximum Gasteiger partial charge on any atom is 0.149 e. The van der Waals surface area contributed by atoms with Gasteiger partial charge in [0, 0.05) is 34.8 Å². The van der Waals surface area contributed by atoms with Crippen LogP contribution in [0.3, 0.4) is 0 Å². The van der Waals surface area contributed by atoms with Crippen LogP contribution >= 0.6 is 0 Å². The SMILES string of the molecule is Nc1nccn2c(-c3ccc4ccc(-c5ccccc5)nc4c3)nc(C3CC(O)(CO)C3)c12. The van der Waals surface area contributed by atoms with Gasteiger partial charge >= 0.3 is 0 Å². The van der Waals surface area contributed by atoms with Gasteiger partial charge in [-0.25, -0.2) is 15.0 Å². The van der Waals surface area contributed by atoms with Crippen molar-refractivity contribution in [1.82, 2.24) is 19.4 Å². The smallest absolute Gasteiger partial charge is 0.149 e. The minimum atomic E-state index is -1.04. The number of aliphatic hydroxyl groups is 2. The van der Waals surface area contributed by atoms with Crippen LogP contribution in [0.4, 0.5) is 5.82 Å². The van der Waals surface area contributed by atoms with E-state index >= 15 is 0 Å². The van der Waals surface area contributed by atoms with Crippen molar-refractivity contribution in [2.45, 2.75) is 24.4 Å². The molecule has 33 heavy (non-hydrogen) atoms. The van der Waals surface area contributed by atoms with E-state index in [2.05, 4.69) is 11.1 Å². The third kappa shape index (κ3) is 3.25. The summed E-state index contributed by atoms with van der Waals surface area (Å²) in [6.07, 6.45) is 4.41. The number of aromatic nitrogens is 4. The van der Waals surface area contributed by atoms with E-state index in [4.69, 9.17) is 15.7 Å². The number of nitrogens with zero attached hydrogens (tertiary/aromatic N) is 4. The Morgan fingerprint density at radius 2 is 1.79 bits per heavy atom. The summed E-state index contributed by atoms with van der Waals surface area (Å²) in [6.45, 7) is -0.254. The largest absolute Gasteiger partial charge is 0.393 e. The number of imidazole rings is 1. The zero-order chi connectivity index (χ0) is 22.6. The van der Waals surface area contributed by atoms with Crippen molar-refractivity contribution in [2.24, 2.45) is 0 Å². The molecule has 0 amide bonds. The summed E-state index contributed by atoms with van der Waals surface area (Å²) in [5.41, 5.74) is 10.5. The Morgan fingerprint density at radius 3 is 2.58 bits per heavy atom. The van der Waals surface area contributed by atoms with Crippen molar-refractivity contribution in [2.75, 3.05) is 12.3 Å². The second-order valence-corrected chi connectivity index (χ2v) is 8.81. The highest BCUT2D eigenvalue weighted by atomic mass is 16.3. The number of aliphatic hydroxyl groups excluding tert-OH is 1. The van der Waals surface area contributed by atoms with Gasteiger partial charge in [-0.3, -0.25) is 4.40 Å². The van der Waals surface area contributed by atoms with Gasteiger partial charge in [-0.1, -0.05) is 48.5 Å². The Balaban J connectivity index is 1.48. The first-order valence-electron chi connectivity index (χ1n) is 11.0. The Kier molecular flexibility index (Phi) is 4.43. The fourth-order valence-corrected chi connectivity index (χ4v) is 4.79. The molecule has 7 heteroatoms. The monoisotopic (exact) mass is 437 g/mol. The average molecular weight is 438 g/mol. The van der Waals surface area contributed by atoms with Crippen LogP contribution in [-0.4, -0.2) is 41.8 Å². The lowest BCUT2D eigenvalue weighted by molar-refractivity contribution is -0.0870. The molecule has 6 rings (SSSR count). The topological polar surface area (TPSA) is 110 Å². The van der Waals surface area contributed by atoms with Gasteiger partial charge in [0.05, 0.1) is 29.1 Å². The summed E-state index contributed by atoms with van der Waals surface area (Å²) in [7, 11) is 0. The van der Waals surface area contributed by atoms with Crippen molar-refractivity contribution < 1.29 is 10.2 Å². The van der Waals surface area contributed by atoms with Crippen LogP contribution in [0.5, 0.6) is 0 Å². The van der Waals surface area contributed by atoms with E-state index in [0.717, 1.165) is 44.8 Å². The first kappa shape index (κ1) is 19.8. The molecule has 164 valence electrons. The molecule has 3 aromatic heterocycles. The lowest BCUT2D eigenvalue weighted by Gasteiger charge is -2.41. The molecule has 1 saturated carbocycles. The Morgan fingerprint density at radius 1 is 1.00 bits per heavy atom. The molecule has 0 atom stereocenters. The summed E-state index contributed by atoms with van der Waals surface area (Å²) >= 11 is 0. The first-order chi connectivity index (χ1) is 16.0. The number of pyridine rings is 1. The predicted molar refractivity (Wildman–Crippen MR) is 128 cm³/mol. The molecule has 1 aliphatic carbocycles. The average Bonchev–Trinajstić information content (AvgIpc) is 3.22. The second-order valence-electron chi connectivity index (χ2n) is 8.81. The van der Waals surface area contributed by atoms with E-state index in [1.165, 1.54) is 0 Å². The molecule has 1 aliphatic rings. The highest BCUT2D eigenvalue weighted by molar-refractivity contribution is 5.86. The Bertz CT molecular complexity index is 1490. The van der Waals surface area contributed by atoms with Gasteiger partial charge in [-0.05, 0) is 25.0 Å². The van der Waals surface area contributed by atoms with Crippen LogP contribution in [0.1, 0.15) is 24.5 Å². The molecule has 0 bridgehead atoms. The number of fused-ring (bicyclic) bond motifs is 2. The van der Waals surface area contributed by atoms with Crippen molar-refractivity contribution in [3.8, 4) is 22.6 Å². The van der Waals surface area contributed by atoms with Crippen molar-refractivity contribution in [3.05, 3.63) is 78.8 Å². The van der Waals surface area contributed by atoms with Gasteiger partial charge in [0.1, 0.15) is 17.2 Å². The highest BCUT2D eigenvalue weighted by Crippen LogP contribution is 2.46. The number of anilines is 1. The highest BCUT2D eigenvalue weighted by Gasteiger charge is 2.45. The quantitative estimate of drug-likeness (QED) is 0.395. The maximum atomic E-state index is 10.3. The molecule has 1 fully saturated rings. The molecule has 0 saturated heterocycles. The molecule has 0 unspecified atom stereocenters. The van der Waals surface area contributed by atoms with E-state index in [0.29, 0.717) is 18.7 Å². The van der Waals surface area contributed by atoms with E-state index < -0.39 is 5.60 Å². The summed E-state index contributed by atoms with van der Waals surface area (Å²) in [6, 6.07) is 20.3. The maximum absolute atomic E-state index is 10.3. The summed E-state index contributed by atoms with van der Waals surface area (Å²) in [5.74, 6) is 1.17. The van der Waals surface area contributed by atoms with Gasteiger partial charge in [-0.2, -0.15) is 0 Å².